The Morgan fingerprint density at radius 2 is 1.95 bits per heavy atom. The second-order valence-corrected chi connectivity index (χ2v) is 10.7. The van der Waals surface area contributed by atoms with Crippen LogP contribution in [-0.4, -0.2) is 68.2 Å². The van der Waals surface area contributed by atoms with Gasteiger partial charge in [0.1, 0.15) is 0 Å². The summed E-state index contributed by atoms with van der Waals surface area (Å²) in [5.41, 5.74) is 2.46. The summed E-state index contributed by atoms with van der Waals surface area (Å²) in [6.45, 7) is 5.37. The number of ether oxygens (including phenoxy) is 1. The third-order valence-electron chi connectivity index (χ3n) is 7.03. The van der Waals surface area contributed by atoms with E-state index in [0.717, 1.165) is 49.7 Å². The second-order valence-electron chi connectivity index (χ2n) is 9.82. The van der Waals surface area contributed by atoms with Gasteiger partial charge in [-0.1, -0.05) is 42.1 Å². The van der Waals surface area contributed by atoms with E-state index < -0.39 is 0 Å². The van der Waals surface area contributed by atoms with Crippen LogP contribution in [0, 0.1) is 0 Å². The van der Waals surface area contributed by atoms with E-state index in [4.69, 9.17) is 32.9 Å². The molecule has 4 rings (SSSR count). The van der Waals surface area contributed by atoms with Crippen LogP contribution in [0.25, 0.3) is 0 Å². The predicted octanol–water partition coefficient (Wildman–Crippen LogP) is 4.99. The molecule has 7 nitrogen and oxygen atoms in total. The fourth-order valence-electron chi connectivity index (χ4n) is 4.95. The van der Waals surface area contributed by atoms with Gasteiger partial charge in [-0.25, -0.2) is 4.99 Å². The summed E-state index contributed by atoms with van der Waals surface area (Å²) in [6, 6.07) is 13.5. The Bertz CT molecular complexity index is 1080. The molecular formula is C28H37Cl2N5O2. The SMILES string of the molecule is COC1CCCCC1N=C(Nc1ccc(C(=O)NCCc2ccc(Cl)cc2Cl)cc1)N1CCN[C@@H](C)C1. The van der Waals surface area contributed by atoms with E-state index in [1.165, 1.54) is 12.8 Å². The number of piperazine rings is 1. The molecule has 1 aliphatic carbocycles. The molecule has 0 spiro atoms. The van der Waals surface area contributed by atoms with Gasteiger partial charge in [0, 0.05) is 60.6 Å². The maximum atomic E-state index is 12.7. The van der Waals surface area contributed by atoms with Gasteiger partial charge in [0.05, 0.1) is 12.1 Å². The van der Waals surface area contributed by atoms with Gasteiger partial charge in [-0.05, 0) is 68.1 Å². The monoisotopic (exact) mass is 545 g/mol. The minimum atomic E-state index is -0.119. The molecule has 2 fully saturated rings. The van der Waals surface area contributed by atoms with Crippen LogP contribution in [0.15, 0.2) is 47.5 Å². The fraction of sp³-hybridized carbons (Fsp3) is 0.500. The first-order chi connectivity index (χ1) is 17.9. The van der Waals surface area contributed by atoms with Crippen molar-refractivity contribution in [3.05, 3.63) is 63.6 Å². The van der Waals surface area contributed by atoms with Crippen LogP contribution in [0.4, 0.5) is 5.69 Å². The lowest BCUT2D eigenvalue weighted by atomic mass is 9.93. The molecule has 1 saturated carbocycles. The van der Waals surface area contributed by atoms with Crippen LogP contribution >= 0.6 is 23.2 Å². The van der Waals surface area contributed by atoms with E-state index in [-0.39, 0.29) is 18.1 Å². The third kappa shape index (κ3) is 7.84. The minimum absolute atomic E-state index is 0.119. The highest BCUT2D eigenvalue weighted by molar-refractivity contribution is 6.35. The average Bonchev–Trinajstić information content (AvgIpc) is 2.90. The molecule has 2 unspecified atom stereocenters. The molecule has 1 heterocycles. The predicted molar refractivity (Wildman–Crippen MR) is 152 cm³/mol. The molecule has 2 aromatic rings. The Balaban J connectivity index is 1.40. The molecule has 3 N–H and O–H groups in total. The van der Waals surface area contributed by atoms with Crippen LogP contribution in [0.1, 0.15) is 48.5 Å². The lowest BCUT2D eigenvalue weighted by molar-refractivity contribution is 0.0548. The molecule has 1 saturated heterocycles. The van der Waals surface area contributed by atoms with E-state index in [1.807, 2.05) is 30.3 Å². The highest BCUT2D eigenvalue weighted by Gasteiger charge is 2.27. The maximum absolute atomic E-state index is 12.7. The van der Waals surface area contributed by atoms with Crippen LogP contribution in [0.3, 0.4) is 0 Å². The van der Waals surface area contributed by atoms with Crippen LogP contribution in [0.5, 0.6) is 0 Å². The second kappa shape index (κ2) is 13.5. The van der Waals surface area contributed by atoms with E-state index in [2.05, 4.69) is 27.8 Å². The zero-order valence-electron chi connectivity index (χ0n) is 21.6. The third-order valence-corrected chi connectivity index (χ3v) is 7.61. The highest BCUT2D eigenvalue weighted by Crippen LogP contribution is 2.25. The Hall–Kier alpha value is -2.32. The first-order valence-corrected chi connectivity index (χ1v) is 13.9. The first kappa shape index (κ1) is 27.7. The van der Waals surface area contributed by atoms with Crippen molar-refractivity contribution in [1.82, 2.24) is 15.5 Å². The number of methoxy groups -OCH3 is 1. The number of nitrogens with zero attached hydrogens (tertiary/aromatic N) is 2. The number of aliphatic imine (C=N–C) groups is 1. The number of halogens is 2. The summed E-state index contributed by atoms with van der Waals surface area (Å²) >= 11 is 12.2. The van der Waals surface area contributed by atoms with E-state index in [9.17, 15) is 4.79 Å². The zero-order valence-corrected chi connectivity index (χ0v) is 23.1. The molecule has 2 aromatic carbocycles. The van der Waals surface area contributed by atoms with Gasteiger partial charge in [0.15, 0.2) is 5.96 Å². The summed E-state index contributed by atoms with van der Waals surface area (Å²) in [5, 5.41) is 11.2. The van der Waals surface area contributed by atoms with E-state index >= 15 is 0 Å². The summed E-state index contributed by atoms with van der Waals surface area (Å²) in [7, 11) is 1.78. The maximum Gasteiger partial charge on any atom is 0.251 e. The smallest absolute Gasteiger partial charge is 0.251 e. The van der Waals surface area contributed by atoms with Gasteiger partial charge in [-0.3, -0.25) is 4.79 Å². The number of nitrogens with one attached hydrogen (secondary N) is 3. The Morgan fingerprint density at radius 1 is 1.16 bits per heavy atom. The van der Waals surface area contributed by atoms with Crippen LogP contribution < -0.4 is 16.0 Å². The molecule has 1 aliphatic heterocycles. The van der Waals surface area contributed by atoms with Crippen molar-refractivity contribution in [2.24, 2.45) is 4.99 Å². The lowest BCUT2D eigenvalue weighted by Gasteiger charge is -2.36. The van der Waals surface area contributed by atoms with E-state index in [1.54, 1.807) is 19.2 Å². The molecule has 0 aromatic heterocycles. The number of carbonyl (C=O) groups excluding carboxylic acids is 1. The van der Waals surface area contributed by atoms with Gasteiger partial charge in [-0.2, -0.15) is 0 Å². The number of carbonyl (C=O) groups is 1. The minimum Gasteiger partial charge on any atom is -0.379 e. The van der Waals surface area contributed by atoms with Crippen molar-refractivity contribution in [3.63, 3.8) is 0 Å². The van der Waals surface area contributed by atoms with E-state index in [0.29, 0.717) is 34.6 Å². The Labute approximate surface area is 230 Å². The van der Waals surface area contributed by atoms with Crippen molar-refractivity contribution < 1.29 is 9.53 Å². The number of rotatable bonds is 7. The topological polar surface area (TPSA) is 78.0 Å². The van der Waals surface area contributed by atoms with Crippen LogP contribution in [0.2, 0.25) is 10.0 Å². The Kier molecular flexibility index (Phi) is 10.1. The fourth-order valence-corrected chi connectivity index (χ4v) is 5.45. The van der Waals surface area contributed by atoms with Crippen molar-refractivity contribution in [1.29, 1.82) is 0 Å². The quantitative estimate of drug-likeness (QED) is 0.337. The van der Waals surface area contributed by atoms with Gasteiger partial charge in [0.25, 0.3) is 5.91 Å². The number of amides is 1. The van der Waals surface area contributed by atoms with Crippen LogP contribution in [-0.2, 0) is 11.2 Å². The molecule has 3 atom stereocenters. The molecular weight excluding hydrogens is 509 g/mol. The first-order valence-electron chi connectivity index (χ1n) is 13.1. The van der Waals surface area contributed by atoms with Gasteiger partial charge >= 0.3 is 0 Å². The summed E-state index contributed by atoms with van der Waals surface area (Å²) in [4.78, 5) is 20.2. The molecule has 0 bridgehead atoms. The normalized spacial score (nSPS) is 22.5. The lowest BCUT2D eigenvalue weighted by Crippen LogP contribution is -2.53. The van der Waals surface area contributed by atoms with Crippen molar-refractivity contribution in [3.8, 4) is 0 Å². The molecule has 200 valence electrons. The van der Waals surface area contributed by atoms with Gasteiger partial charge < -0.3 is 25.6 Å². The number of hydrogen-bond donors (Lipinski definition) is 3. The largest absolute Gasteiger partial charge is 0.379 e. The Morgan fingerprint density at radius 3 is 2.68 bits per heavy atom. The molecule has 2 aliphatic rings. The summed E-state index contributed by atoms with van der Waals surface area (Å²) in [5.74, 6) is 0.756. The van der Waals surface area contributed by atoms with Gasteiger partial charge in [-0.15, -0.1) is 0 Å². The average molecular weight is 547 g/mol. The number of guanidine groups is 1. The standard InChI is InChI=1S/C28H37Cl2N5O2/c1-19-18-35(16-15-31-19)28(34-25-5-3-4-6-26(25)37-2)33-23-11-8-21(9-12-23)27(36)32-14-13-20-7-10-22(29)17-24(20)30/h7-12,17,19,25-26,31H,3-6,13-16,18H2,1-2H3,(H,32,36)(H,33,34)/t19-,25?,26?/m0/s1. The number of hydrogen-bond acceptors (Lipinski definition) is 4. The number of anilines is 1. The molecule has 37 heavy (non-hydrogen) atoms. The van der Waals surface area contributed by atoms with Gasteiger partial charge in [0.2, 0.25) is 0 Å². The molecule has 0 radical (unpaired) electrons. The summed E-state index contributed by atoms with van der Waals surface area (Å²) in [6.07, 6.45) is 5.23. The zero-order chi connectivity index (χ0) is 26.2. The van der Waals surface area contributed by atoms with Crippen molar-refractivity contribution >= 4 is 40.8 Å². The molecule has 9 heteroatoms. The number of benzene rings is 2. The highest BCUT2D eigenvalue weighted by atomic mass is 35.5. The molecule has 1 amide bonds. The van der Waals surface area contributed by atoms with Crippen molar-refractivity contribution in [2.75, 3.05) is 38.6 Å². The summed E-state index contributed by atoms with van der Waals surface area (Å²) < 4.78 is 5.75. The van der Waals surface area contributed by atoms with Crippen molar-refractivity contribution in [2.45, 2.75) is 57.2 Å².